The average molecular weight is 502 g/mol. The summed E-state index contributed by atoms with van der Waals surface area (Å²) in [5.74, 6) is 0. The zero-order chi connectivity index (χ0) is 24.3. The van der Waals surface area contributed by atoms with Crippen molar-refractivity contribution < 1.29 is 0 Å². The molecular formula is C30H29Cl2N3. The second-order valence-corrected chi connectivity index (χ2v) is 10.5. The van der Waals surface area contributed by atoms with E-state index < -0.39 is 0 Å². The van der Waals surface area contributed by atoms with Crippen molar-refractivity contribution in [1.82, 2.24) is 10.6 Å². The molecule has 5 heteroatoms. The van der Waals surface area contributed by atoms with Gasteiger partial charge in [0, 0.05) is 33.3 Å². The van der Waals surface area contributed by atoms with Gasteiger partial charge in [-0.3, -0.25) is 0 Å². The van der Waals surface area contributed by atoms with Crippen molar-refractivity contribution in [2.75, 3.05) is 19.6 Å². The Morgan fingerprint density at radius 2 is 1.63 bits per heavy atom. The highest BCUT2D eigenvalue weighted by Gasteiger charge is 2.34. The van der Waals surface area contributed by atoms with E-state index in [1.165, 1.54) is 23.3 Å². The standard InChI is InChI=1S/C30H29Cl2N3/c31-27-16-25(17-28(32)18-27)29(23-4-2-5-23)35-20-30(11-13-34-14-12-30)26-9-7-22(8-10-26)24-6-1-3-21(15-24)19-33/h1,3,6-10,15-18,34-35H,2,4-5,11-14,20H2. The van der Waals surface area contributed by atoms with Gasteiger partial charge in [-0.25, -0.2) is 0 Å². The molecule has 3 aromatic carbocycles. The van der Waals surface area contributed by atoms with Crippen LogP contribution in [0.3, 0.4) is 0 Å². The predicted molar refractivity (Wildman–Crippen MR) is 146 cm³/mol. The molecule has 5 rings (SSSR count). The number of hydrogen-bond donors (Lipinski definition) is 2. The van der Waals surface area contributed by atoms with Crippen LogP contribution in [-0.2, 0) is 5.41 Å². The monoisotopic (exact) mass is 501 g/mol. The Morgan fingerprint density at radius 1 is 0.914 bits per heavy atom. The van der Waals surface area contributed by atoms with E-state index in [1.54, 1.807) is 6.07 Å². The van der Waals surface area contributed by atoms with Crippen LogP contribution >= 0.6 is 23.2 Å². The van der Waals surface area contributed by atoms with Crippen LogP contribution < -0.4 is 10.6 Å². The van der Waals surface area contributed by atoms with Gasteiger partial charge < -0.3 is 10.6 Å². The van der Waals surface area contributed by atoms with Crippen LogP contribution in [0.1, 0.15) is 48.8 Å². The molecular weight excluding hydrogens is 473 g/mol. The molecule has 0 spiro atoms. The van der Waals surface area contributed by atoms with Crippen molar-refractivity contribution in [2.24, 2.45) is 0 Å². The number of piperidine rings is 1. The quantitative estimate of drug-likeness (QED) is 0.371. The molecule has 0 aromatic heterocycles. The molecule has 0 amide bonds. The first kappa shape index (κ1) is 23.9. The fourth-order valence-corrected chi connectivity index (χ4v) is 5.77. The summed E-state index contributed by atoms with van der Waals surface area (Å²) < 4.78 is 0. The predicted octanol–water partition coefficient (Wildman–Crippen LogP) is 7.34. The molecule has 3 aromatic rings. The topological polar surface area (TPSA) is 47.9 Å². The molecule has 0 bridgehead atoms. The molecule has 2 fully saturated rings. The maximum Gasteiger partial charge on any atom is 0.0991 e. The van der Waals surface area contributed by atoms with Crippen LogP contribution in [0.25, 0.3) is 16.8 Å². The number of benzene rings is 3. The highest BCUT2D eigenvalue weighted by molar-refractivity contribution is 6.34. The molecule has 1 saturated carbocycles. The molecule has 3 nitrogen and oxygen atoms in total. The van der Waals surface area contributed by atoms with Crippen molar-refractivity contribution in [3.8, 4) is 17.2 Å². The summed E-state index contributed by atoms with van der Waals surface area (Å²) in [5, 5.41) is 18.0. The number of nitrogens with one attached hydrogen (secondary N) is 2. The molecule has 35 heavy (non-hydrogen) atoms. The highest BCUT2D eigenvalue weighted by atomic mass is 35.5. The summed E-state index contributed by atoms with van der Waals surface area (Å²) in [6.45, 7) is 2.87. The number of halogens is 2. The van der Waals surface area contributed by atoms with Crippen LogP contribution in [0.5, 0.6) is 0 Å². The minimum absolute atomic E-state index is 0.0379. The number of nitrogens with zero attached hydrogens (tertiary/aromatic N) is 1. The van der Waals surface area contributed by atoms with Gasteiger partial charge in [0.05, 0.1) is 11.6 Å². The molecule has 0 unspecified atom stereocenters. The molecule has 1 aliphatic carbocycles. The Balaban J connectivity index is 1.43. The van der Waals surface area contributed by atoms with Crippen molar-refractivity contribution in [1.29, 1.82) is 5.26 Å². The van der Waals surface area contributed by atoms with E-state index in [2.05, 4.69) is 47.0 Å². The summed E-state index contributed by atoms with van der Waals surface area (Å²) in [6, 6.07) is 24.8. The first-order valence-corrected chi connectivity index (χ1v) is 13.1. The van der Waals surface area contributed by atoms with E-state index in [0.717, 1.165) is 62.0 Å². The van der Waals surface area contributed by atoms with E-state index in [9.17, 15) is 5.26 Å². The molecule has 1 heterocycles. The minimum Gasteiger partial charge on any atom is -0.384 e. The zero-order valence-electron chi connectivity index (χ0n) is 19.7. The summed E-state index contributed by atoms with van der Waals surface area (Å²) in [4.78, 5) is 0. The third-order valence-electron chi connectivity index (χ3n) is 7.45. The Morgan fingerprint density at radius 3 is 2.26 bits per heavy atom. The molecule has 0 atom stereocenters. The summed E-state index contributed by atoms with van der Waals surface area (Å²) in [5.41, 5.74) is 8.02. The van der Waals surface area contributed by atoms with Crippen molar-refractivity contribution in [3.05, 3.63) is 99.0 Å². The van der Waals surface area contributed by atoms with Crippen LogP contribution in [0.15, 0.2) is 72.3 Å². The average Bonchev–Trinajstić information content (AvgIpc) is 2.85. The number of nitriles is 1. The molecule has 2 aliphatic rings. The van der Waals surface area contributed by atoms with E-state index in [0.29, 0.717) is 15.6 Å². The smallest absolute Gasteiger partial charge is 0.0991 e. The van der Waals surface area contributed by atoms with Crippen molar-refractivity contribution in [2.45, 2.75) is 37.5 Å². The fourth-order valence-electron chi connectivity index (χ4n) is 5.25. The molecule has 1 aliphatic heterocycles. The zero-order valence-corrected chi connectivity index (χ0v) is 21.2. The van der Waals surface area contributed by atoms with Gasteiger partial charge in [0.1, 0.15) is 0 Å². The number of rotatable bonds is 6. The minimum atomic E-state index is 0.0379. The van der Waals surface area contributed by atoms with Crippen molar-refractivity contribution >= 4 is 28.9 Å². The van der Waals surface area contributed by atoms with E-state index in [1.807, 2.05) is 30.3 Å². The van der Waals surface area contributed by atoms with Crippen LogP contribution in [0, 0.1) is 11.3 Å². The Bertz CT molecular complexity index is 1260. The fraction of sp³-hybridized carbons (Fsp3) is 0.300. The molecule has 2 N–H and O–H groups in total. The molecule has 1 saturated heterocycles. The van der Waals surface area contributed by atoms with Gasteiger partial charge in [0.2, 0.25) is 0 Å². The van der Waals surface area contributed by atoms with Gasteiger partial charge in [-0.2, -0.15) is 5.26 Å². The summed E-state index contributed by atoms with van der Waals surface area (Å²) in [6.07, 6.45) is 5.62. The van der Waals surface area contributed by atoms with Crippen LogP contribution in [0.4, 0.5) is 0 Å². The molecule has 0 radical (unpaired) electrons. The lowest BCUT2D eigenvalue weighted by molar-refractivity contribution is 0.304. The normalized spacial score (nSPS) is 16.8. The van der Waals surface area contributed by atoms with Gasteiger partial charge in [-0.05, 0) is 97.8 Å². The van der Waals surface area contributed by atoms with E-state index >= 15 is 0 Å². The van der Waals surface area contributed by atoms with Crippen LogP contribution in [-0.4, -0.2) is 19.6 Å². The first-order valence-electron chi connectivity index (χ1n) is 12.3. The second kappa shape index (κ2) is 10.5. The third kappa shape index (κ3) is 5.26. The third-order valence-corrected chi connectivity index (χ3v) is 7.88. The summed E-state index contributed by atoms with van der Waals surface area (Å²) >= 11 is 12.7. The Kier molecular flexibility index (Phi) is 7.16. The van der Waals surface area contributed by atoms with Gasteiger partial charge in [0.15, 0.2) is 0 Å². The van der Waals surface area contributed by atoms with Crippen molar-refractivity contribution in [3.63, 3.8) is 0 Å². The van der Waals surface area contributed by atoms with E-state index in [-0.39, 0.29) is 5.41 Å². The lowest BCUT2D eigenvalue weighted by atomic mass is 9.72. The van der Waals surface area contributed by atoms with E-state index in [4.69, 9.17) is 23.2 Å². The number of allylic oxidation sites excluding steroid dienone is 1. The highest BCUT2D eigenvalue weighted by Crippen LogP contribution is 2.38. The lowest BCUT2D eigenvalue weighted by Gasteiger charge is -2.39. The molecule has 178 valence electrons. The maximum atomic E-state index is 9.25. The van der Waals surface area contributed by atoms with Gasteiger partial charge in [-0.1, -0.05) is 59.6 Å². The number of hydrogen-bond acceptors (Lipinski definition) is 3. The largest absolute Gasteiger partial charge is 0.384 e. The first-order chi connectivity index (χ1) is 17.1. The maximum absolute atomic E-state index is 9.25. The Hall–Kier alpha value is -2.77. The SMILES string of the molecule is N#Cc1cccc(-c2ccc(C3(CNC(=C4CCC4)c4cc(Cl)cc(Cl)c4)CCNCC3)cc2)c1. The summed E-state index contributed by atoms with van der Waals surface area (Å²) in [7, 11) is 0. The van der Waals surface area contributed by atoms with Crippen LogP contribution in [0.2, 0.25) is 10.0 Å². The second-order valence-electron chi connectivity index (χ2n) is 9.64. The van der Waals surface area contributed by atoms with Gasteiger partial charge in [-0.15, -0.1) is 0 Å². The lowest BCUT2D eigenvalue weighted by Crippen LogP contribution is -2.46. The Labute approximate surface area is 217 Å². The van der Waals surface area contributed by atoms with Gasteiger partial charge in [0.25, 0.3) is 0 Å². The van der Waals surface area contributed by atoms with Gasteiger partial charge >= 0.3 is 0 Å².